The number of rotatable bonds is 4. The van der Waals surface area contributed by atoms with Crippen molar-refractivity contribution in [1.82, 2.24) is 5.32 Å². The lowest BCUT2D eigenvalue weighted by Crippen LogP contribution is -2.46. The third kappa shape index (κ3) is 4.23. The van der Waals surface area contributed by atoms with Gasteiger partial charge in [-0.1, -0.05) is 43.9 Å². The molecule has 21 heavy (non-hydrogen) atoms. The van der Waals surface area contributed by atoms with Crippen LogP contribution in [0.5, 0.6) is 5.75 Å². The molecule has 1 aliphatic carbocycles. The first-order valence-corrected chi connectivity index (χ1v) is 8.35. The highest BCUT2D eigenvalue weighted by atomic mass is 16.5. The third-order valence-electron chi connectivity index (χ3n) is 4.70. The van der Waals surface area contributed by atoms with Crippen LogP contribution in [0.2, 0.25) is 0 Å². The second-order valence-electron chi connectivity index (χ2n) is 7.50. The van der Waals surface area contributed by atoms with Gasteiger partial charge in [-0.15, -0.1) is 0 Å². The summed E-state index contributed by atoms with van der Waals surface area (Å²) in [5, 5.41) is 3.75. The molecule has 0 aromatic heterocycles. The van der Waals surface area contributed by atoms with Crippen molar-refractivity contribution < 1.29 is 4.74 Å². The second kappa shape index (κ2) is 6.83. The fraction of sp³-hybridized carbons (Fsp3) is 0.684. The van der Waals surface area contributed by atoms with E-state index in [1.807, 2.05) is 0 Å². The van der Waals surface area contributed by atoms with E-state index in [-0.39, 0.29) is 11.0 Å². The molecule has 2 heteroatoms. The van der Waals surface area contributed by atoms with Gasteiger partial charge < -0.3 is 10.1 Å². The van der Waals surface area contributed by atoms with Gasteiger partial charge in [0.1, 0.15) is 5.75 Å². The lowest BCUT2D eigenvalue weighted by molar-refractivity contribution is 0.289. The van der Waals surface area contributed by atoms with Crippen molar-refractivity contribution in [2.75, 3.05) is 13.7 Å². The Morgan fingerprint density at radius 2 is 1.67 bits per heavy atom. The van der Waals surface area contributed by atoms with Crippen LogP contribution in [0.3, 0.4) is 0 Å². The van der Waals surface area contributed by atoms with Crippen molar-refractivity contribution >= 4 is 0 Å². The maximum Gasteiger partial charge on any atom is 0.122 e. The summed E-state index contributed by atoms with van der Waals surface area (Å²) in [7, 11) is 1.79. The van der Waals surface area contributed by atoms with Crippen LogP contribution >= 0.6 is 0 Å². The van der Waals surface area contributed by atoms with Crippen LogP contribution in [-0.4, -0.2) is 19.2 Å². The lowest BCUT2D eigenvalue weighted by atomic mass is 9.73. The quantitative estimate of drug-likeness (QED) is 0.813. The predicted molar refractivity (Wildman–Crippen MR) is 90.1 cm³/mol. The van der Waals surface area contributed by atoms with E-state index in [1.165, 1.54) is 44.1 Å². The number of ether oxygens (including phenoxy) is 1. The zero-order valence-electron chi connectivity index (χ0n) is 14.2. The number of hydrogen-bond donors (Lipinski definition) is 1. The smallest absolute Gasteiger partial charge is 0.122 e. The number of hydrogen-bond acceptors (Lipinski definition) is 2. The van der Waals surface area contributed by atoms with Crippen LogP contribution in [-0.2, 0) is 5.41 Å². The fourth-order valence-electron chi connectivity index (χ4n) is 3.46. The molecule has 0 heterocycles. The first kappa shape index (κ1) is 16.4. The van der Waals surface area contributed by atoms with Crippen molar-refractivity contribution in [2.45, 2.75) is 70.3 Å². The van der Waals surface area contributed by atoms with E-state index < -0.39 is 0 Å². The molecule has 0 radical (unpaired) electrons. The minimum atomic E-state index is 0.154. The molecule has 0 amide bonds. The van der Waals surface area contributed by atoms with Gasteiger partial charge in [-0.3, -0.25) is 0 Å². The van der Waals surface area contributed by atoms with Crippen LogP contribution in [0, 0.1) is 0 Å². The van der Waals surface area contributed by atoms with Gasteiger partial charge in [0.15, 0.2) is 0 Å². The maximum absolute atomic E-state index is 5.67. The number of methoxy groups -OCH3 is 1. The summed E-state index contributed by atoms with van der Waals surface area (Å²) >= 11 is 0. The Balaban J connectivity index is 2.34. The van der Waals surface area contributed by atoms with Gasteiger partial charge in [-0.25, -0.2) is 0 Å². The predicted octanol–water partition coefficient (Wildman–Crippen LogP) is 4.68. The van der Waals surface area contributed by atoms with Gasteiger partial charge in [-0.2, -0.15) is 0 Å². The Labute approximate surface area is 130 Å². The molecule has 0 spiro atoms. The lowest BCUT2D eigenvalue weighted by Gasteiger charge is -2.37. The minimum Gasteiger partial charge on any atom is -0.496 e. The highest BCUT2D eigenvalue weighted by Gasteiger charge is 2.35. The molecule has 0 saturated heterocycles. The second-order valence-corrected chi connectivity index (χ2v) is 7.50. The monoisotopic (exact) mass is 289 g/mol. The van der Waals surface area contributed by atoms with Gasteiger partial charge in [0, 0.05) is 23.1 Å². The minimum absolute atomic E-state index is 0.154. The van der Waals surface area contributed by atoms with Crippen LogP contribution in [0.1, 0.15) is 64.9 Å². The summed E-state index contributed by atoms with van der Waals surface area (Å²) in [6.45, 7) is 7.79. The van der Waals surface area contributed by atoms with Gasteiger partial charge >= 0.3 is 0 Å². The van der Waals surface area contributed by atoms with Gasteiger partial charge in [0.25, 0.3) is 0 Å². The molecule has 2 nitrogen and oxygen atoms in total. The molecule has 2 rings (SSSR count). The van der Waals surface area contributed by atoms with E-state index in [0.29, 0.717) is 0 Å². The van der Waals surface area contributed by atoms with Crippen molar-refractivity contribution in [1.29, 1.82) is 0 Å². The molecular weight excluding hydrogens is 258 g/mol. The van der Waals surface area contributed by atoms with E-state index in [9.17, 15) is 0 Å². The van der Waals surface area contributed by atoms with Crippen molar-refractivity contribution in [3.63, 3.8) is 0 Å². The van der Waals surface area contributed by atoms with Crippen LogP contribution in [0.15, 0.2) is 24.3 Å². The highest BCUT2D eigenvalue weighted by Crippen LogP contribution is 2.42. The van der Waals surface area contributed by atoms with Crippen molar-refractivity contribution in [2.24, 2.45) is 0 Å². The van der Waals surface area contributed by atoms with Crippen LogP contribution in [0.25, 0.3) is 0 Å². The van der Waals surface area contributed by atoms with Crippen LogP contribution < -0.4 is 10.1 Å². The molecule has 0 unspecified atom stereocenters. The van der Waals surface area contributed by atoms with E-state index in [1.54, 1.807) is 7.11 Å². The average molecular weight is 289 g/mol. The Hall–Kier alpha value is -1.02. The number of para-hydroxylation sites is 1. The zero-order valence-corrected chi connectivity index (χ0v) is 14.2. The topological polar surface area (TPSA) is 21.3 Å². The van der Waals surface area contributed by atoms with E-state index >= 15 is 0 Å². The molecule has 1 aliphatic rings. The van der Waals surface area contributed by atoms with E-state index in [4.69, 9.17) is 4.74 Å². The van der Waals surface area contributed by atoms with Gasteiger partial charge in [-0.05, 0) is 39.7 Å². The molecule has 1 aromatic carbocycles. The fourth-order valence-corrected chi connectivity index (χ4v) is 3.46. The Kier molecular flexibility index (Phi) is 5.32. The first-order valence-electron chi connectivity index (χ1n) is 8.35. The Bertz CT molecular complexity index is 439. The van der Waals surface area contributed by atoms with E-state index in [2.05, 4.69) is 50.4 Å². The average Bonchev–Trinajstić information content (AvgIpc) is 2.71. The van der Waals surface area contributed by atoms with Crippen molar-refractivity contribution in [3.8, 4) is 5.75 Å². The normalized spacial score (nSPS) is 19.0. The van der Waals surface area contributed by atoms with E-state index in [0.717, 1.165) is 12.3 Å². The first-order chi connectivity index (χ1) is 9.97. The summed E-state index contributed by atoms with van der Waals surface area (Å²) in [5.41, 5.74) is 1.77. The van der Waals surface area contributed by atoms with Crippen molar-refractivity contribution in [3.05, 3.63) is 29.8 Å². The number of nitrogens with one attached hydrogen (secondary N) is 1. The van der Waals surface area contributed by atoms with Crippen LogP contribution in [0.4, 0.5) is 0 Å². The summed E-state index contributed by atoms with van der Waals surface area (Å²) < 4.78 is 5.67. The summed E-state index contributed by atoms with van der Waals surface area (Å²) in [4.78, 5) is 0. The Morgan fingerprint density at radius 3 is 2.24 bits per heavy atom. The maximum atomic E-state index is 5.67. The molecule has 0 atom stereocenters. The number of benzene rings is 1. The molecule has 118 valence electrons. The summed E-state index contributed by atoms with van der Waals surface area (Å²) in [6.07, 6.45) is 7.90. The molecule has 0 bridgehead atoms. The third-order valence-corrected chi connectivity index (χ3v) is 4.70. The van der Waals surface area contributed by atoms with Gasteiger partial charge in [0.2, 0.25) is 0 Å². The standard InChI is InChI=1S/C19H31NO/c1-18(2,3)20-15-19(13-9-5-6-10-14-19)16-11-7-8-12-17(16)21-4/h7-8,11-12,20H,5-6,9-10,13-15H2,1-4H3. The largest absolute Gasteiger partial charge is 0.496 e. The summed E-state index contributed by atoms with van der Waals surface area (Å²) in [6, 6.07) is 8.61. The van der Waals surface area contributed by atoms with Gasteiger partial charge in [0.05, 0.1) is 7.11 Å². The SMILES string of the molecule is COc1ccccc1C1(CNC(C)(C)C)CCCCCC1. The molecule has 1 aromatic rings. The summed E-state index contributed by atoms with van der Waals surface area (Å²) in [5.74, 6) is 1.05. The molecule has 0 aliphatic heterocycles. The highest BCUT2D eigenvalue weighted by molar-refractivity contribution is 5.40. The molecule has 1 fully saturated rings. The zero-order chi connectivity index (χ0) is 15.3. The molecule has 1 saturated carbocycles. The molecular formula is C19H31NO. The Morgan fingerprint density at radius 1 is 1.05 bits per heavy atom. The molecule has 1 N–H and O–H groups in total.